The molecule has 1 aromatic heterocycles. The van der Waals surface area contributed by atoms with Crippen molar-refractivity contribution in [2.24, 2.45) is 0 Å². The molecule has 3 rings (SSSR count). The van der Waals surface area contributed by atoms with E-state index in [2.05, 4.69) is 25.9 Å². The molecule has 1 aromatic carbocycles. The van der Waals surface area contributed by atoms with Crippen LogP contribution in [0.1, 0.15) is 41.6 Å². The predicted molar refractivity (Wildman–Crippen MR) is 112 cm³/mol. The maximum atomic E-state index is 13.2. The molecule has 0 aliphatic heterocycles. The number of benzene rings is 1. The summed E-state index contributed by atoms with van der Waals surface area (Å²) < 4.78 is 13.2. The molecule has 9 heteroatoms. The van der Waals surface area contributed by atoms with Crippen molar-refractivity contribution in [1.82, 2.24) is 15.3 Å². The number of carbonyl (C=O) groups is 1. The van der Waals surface area contributed by atoms with Gasteiger partial charge in [-0.15, -0.1) is 12.4 Å². The first-order valence-corrected chi connectivity index (χ1v) is 9.38. The zero-order chi connectivity index (χ0) is 19.4. The lowest BCUT2D eigenvalue weighted by Gasteiger charge is -2.29. The first-order valence-electron chi connectivity index (χ1n) is 9.00. The van der Waals surface area contributed by atoms with Gasteiger partial charge in [0.2, 0.25) is 5.95 Å². The highest BCUT2D eigenvalue weighted by molar-refractivity contribution is 6.31. The van der Waals surface area contributed by atoms with Gasteiger partial charge < -0.3 is 16.0 Å². The Morgan fingerprint density at radius 1 is 1.21 bits per heavy atom. The Morgan fingerprint density at radius 2 is 1.89 bits per heavy atom. The van der Waals surface area contributed by atoms with Crippen molar-refractivity contribution in [1.29, 1.82) is 0 Å². The molecule has 6 nitrogen and oxygen atoms in total. The van der Waals surface area contributed by atoms with Crippen LogP contribution in [0.4, 0.5) is 16.2 Å². The van der Waals surface area contributed by atoms with Gasteiger partial charge in [-0.1, -0.05) is 11.6 Å². The fourth-order valence-corrected chi connectivity index (χ4v) is 3.42. The van der Waals surface area contributed by atoms with Gasteiger partial charge in [-0.05, 0) is 50.8 Å². The molecule has 0 radical (unpaired) electrons. The monoisotopic (exact) mass is 427 g/mol. The fraction of sp³-hybridized carbons (Fsp3) is 0.421. The van der Waals surface area contributed by atoms with Crippen LogP contribution < -0.4 is 16.0 Å². The van der Waals surface area contributed by atoms with Crippen molar-refractivity contribution in [3.8, 4) is 0 Å². The topological polar surface area (TPSA) is 78.9 Å². The van der Waals surface area contributed by atoms with Crippen molar-refractivity contribution in [2.45, 2.75) is 44.7 Å². The van der Waals surface area contributed by atoms with E-state index in [1.807, 2.05) is 14.0 Å². The summed E-state index contributed by atoms with van der Waals surface area (Å²) in [5.74, 6) is 0.665. The van der Waals surface area contributed by atoms with Crippen molar-refractivity contribution in [3.05, 3.63) is 46.4 Å². The quantitative estimate of drug-likeness (QED) is 0.666. The summed E-state index contributed by atoms with van der Waals surface area (Å²) in [6.45, 7) is 1.96. The molecule has 2 aromatic rings. The number of aryl methyl sites for hydroxylation is 1. The van der Waals surface area contributed by atoms with Crippen LogP contribution in [0.25, 0.3) is 0 Å². The van der Waals surface area contributed by atoms with Gasteiger partial charge in [-0.25, -0.2) is 9.37 Å². The molecule has 0 unspecified atom stereocenters. The number of anilines is 2. The average molecular weight is 428 g/mol. The highest BCUT2D eigenvalue weighted by Gasteiger charge is 2.23. The van der Waals surface area contributed by atoms with Crippen LogP contribution in [-0.2, 0) is 0 Å². The zero-order valence-electron chi connectivity index (χ0n) is 15.8. The number of halogens is 3. The van der Waals surface area contributed by atoms with Crippen LogP contribution >= 0.6 is 24.0 Å². The second-order valence-electron chi connectivity index (χ2n) is 6.77. The molecular formula is C19H24Cl2FN5O. The Bertz CT molecular complexity index is 828. The third-order valence-electron chi connectivity index (χ3n) is 4.79. The Kier molecular flexibility index (Phi) is 7.83. The Labute approximate surface area is 175 Å². The van der Waals surface area contributed by atoms with Crippen molar-refractivity contribution in [3.63, 3.8) is 0 Å². The SMILES string of the molecule is CNc1nc(NC2CCC(NC(=O)c3ccc(F)c(Cl)c3)CC2)ncc1C.Cl. The van der Waals surface area contributed by atoms with Crippen LogP contribution in [0.5, 0.6) is 0 Å². The number of hydrogen-bond donors (Lipinski definition) is 3. The van der Waals surface area contributed by atoms with E-state index in [4.69, 9.17) is 11.6 Å². The molecule has 0 saturated heterocycles. The third-order valence-corrected chi connectivity index (χ3v) is 5.08. The molecule has 1 fully saturated rings. The van der Waals surface area contributed by atoms with Crippen molar-refractivity contribution < 1.29 is 9.18 Å². The van der Waals surface area contributed by atoms with E-state index >= 15 is 0 Å². The average Bonchev–Trinajstić information content (AvgIpc) is 2.67. The van der Waals surface area contributed by atoms with Gasteiger partial charge in [0.25, 0.3) is 5.91 Å². The van der Waals surface area contributed by atoms with E-state index in [0.717, 1.165) is 37.1 Å². The molecule has 28 heavy (non-hydrogen) atoms. The number of nitrogens with one attached hydrogen (secondary N) is 3. The highest BCUT2D eigenvalue weighted by Crippen LogP contribution is 2.23. The molecule has 0 bridgehead atoms. The minimum atomic E-state index is -0.528. The summed E-state index contributed by atoms with van der Waals surface area (Å²) >= 11 is 5.75. The highest BCUT2D eigenvalue weighted by atomic mass is 35.5. The number of carbonyl (C=O) groups excluding carboxylic acids is 1. The van der Waals surface area contributed by atoms with E-state index in [1.54, 1.807) is 6.20 Å². The molecule has 1 saturated carbocycles. The van der Waals surface area contributed by atoms with Gasteiger partial charge in [0, 0.05) is 36.5 Å². The van der Waals surface area contributed by atoms with E-state index in [9.17, 15) is 9.18 Å². The number of aromatic nitrogens is 2. The zero-order valence-corrected chi connectivity index (χ0v) is 17.3. The van der Waals surface area contributed by atoms with Gasteiger partial charge in [0.1, 0.15) is 11.6 Å². The smallest absolute Gasteiger partial charge is 0.251 e. The Hall–Kier alpha value is -2.12. The van der Waals surface area contributed by atoms with Crippen LogP contribution in [0, 0.1) is 12.7 Å². The van der Waals surface area contributed by atoms with Crippen LogP contribution in [0.2, 0.25) is 5.02 Å². The fourth-order valence-electron chi connectivity index (χ4n) is 3.24. The lowest BCUT2D eigenvalue weighted by molar-refractivity contribution is 0.0926. The molecular weight excluding hydrogens is 404 g/mol. The molecule has 3 N–H and O–H groups in total. The third kappa shape index (κ3) is 5.45. The summed E-state index contributed by atoms with van der Waals surface area (Å²) in [7, 11) is 1.83. The number of nitrogens with zero attached hydrogens (tertiary/aromatic N) is 2. The number of rotatable bonds is 5. The molecule has 152 valence electrons. The van der Waals surface area contributed by atoms with E-state index < -0.39 is 5.82 Å². The van der Waals surface area contributed by atoms with E-state index in [0.29, 0.717) is 11.5 Å². The van der Waals surface area contributed by atoms with E-state index in [1.165, 1.54) is 18.2 Å². The minimum Gasteiger partial charge on any atom is -0.373 e. The molecule has 1 aliphatic carbocycles. The van der Waals surface area contributed by atoms with Crippen molar-refractivity contribution in [2.75, 3.05) is 17.7 Å². The molecule has 0 atom stereocenters. The first kappa shape index (κ1) is 22.2. The van der Waals surface area contributed by atoms with Gasteiger partial charge >= 0.3 is 0 Å². The lowest BCUT2D eigenvalue weighted by Crippen LogP contribution is -2.40. The van der Waals surface area contributed by atoms with Crippen molar-refractivity contribution >= 4 is 41.7 Å². The summed E-state index contributed by atoms with van der Waals surface area (Å²) in [5.41, 5.74) is 1.37. The normalized spacial score (nSPS) is 18.7. The van der Waals surface area contributed by atoms with Crippen LogP contribution in [-0.4, -0.2) is 35.0 Å². The molecule has 1 aliphatic rings. The van der Waals surface area contributed by atoms with Gasteiger partial charge in [0.05, 0.1) is 5.02 Å². The molecule has 1 amide bonds. The molecule has 0 spiro atoms. The largest absolute Gasteiger partial charge is 0.373 e. The maximum absolute atomic E-state index is 13.2. The predicted octanol–water partition coefficient (Wildman–Crippen LogP) is 4.19. The van der Waals surface area contributed by atoms with Crippen LogP contribution in [0.15, 0.2) is 24.4 Å². The van der Waals surface area contributed by atoms with Gasteiger partial charge in [-0.2, -0.15) is 4.98 Å². The number of amides is 1. The second-order valence-corrected chi connectivity index (χ2v) is 7.18. The Morgan fingerprint density at radius 3 is 2.54 bits per heavy atom. The van der Waals surface area contributed by atoms with Gasteiger partial charge in [-0.3, -0.25) is 4.79 Å². The van der Waals surface area contributed by atoms with Gasteiger partial charge in [0.15, 0.2) is 0 Å². The Balaban J connectivity index is 0.00000280. The minimum absolute atomic E-state index is 0. The standard InChI is InChI=1S/C19H23ClFN5O.ClH/c1-11-10-23-19(26-17(11)22-2)25-14-6-4-13(5-7-14)24-18(27)12-3-8-16(21)15(20)9-12;/h3,8-10,13-14H,4-7H2,1-2H3,(H,24,27)(H2,22,23,25,26);1H. The molecule has 1 heterocycles. The van der Waals surface area contributed by atoms with E-state index in [-0.39, 0.29) is 35.4 Å². The summed E-state index contributed by atoms with van der Waals surface area (Å²) in [6.07, 6.45) is 5.30. The summed E-state index contributed by atoms with van der Waals surface area (Å²) in [6, 6.07) is 4.36. The lowest BCUT2D eigenvalue weighted by atomic mass is 9.91. The summed E-state index contributed by atoms with van der Waals surface area (Å²) in [5, 5.41) is 9.38. The maximum Gasteiger partial charge on any atom is 0.251 e. The number of hydrogen-bond acceptors (Lipinski definition) is 5. The second kappa shape index (κ2) is 9.89. The summed E-state index contributed by atoms with van der Waals surface area (Å²) in [4.78, 5) is 21.1. The first-order chi connectivity index (χ1) is 13.0. The van der Waals surface area contributed by atoms with Crippen LogP contribution in [0.3, 0.4) is 0 Å².